The van der Waals surface area contributed by atoms with Gasteiger partial charge in [0.15, 0.2) is 0 Å². The van der Waals surface area contributed by atoms with Crippen LogP contribution in [0.2, 0.25) is 5.02 Å². The highest BCUT2D eigenvalue weighted by atomic mass is 35.5. The summed E-state index contributed by atoms with van der Waals surface area (Å²) in [5.74, 6) is 0. The van der Waals surface area contributed by atoms with E-state index in [1.807, 2.05) is 0 Å². The summed E-state index contributed by atoms with van der Waals surface area (Å²) in [5.41, 5.74) is 0.513. The maximum atomic E-state index is 12.5. The van der Waals surface area contributed by atoms with Crippen molar-refractivity contribution in [2.75, 3.05) is 20.3 Å². The van der Waals surface area contributed by atoms with Gasteiger partial charge in [-0.15, -0.1) is 0 Å². The van der Waals surface area contributed by atoms with Crippen molar-refractivity contribution < 1.29 is 18.3 Å². The predicted molar refractivity (Wildman–Crippen MR) is 76.2 cm³/mol. The molecule has 7 heteroatoms. The van der Waals surface area contributed by atoms with Gasteiger partial charge in [0.05, 0.1) is 11.5 Å². The summed E-state index contributed by atoms with van der Waals surface area (Å²) in [5, 5.41) is 9.33. The Labute approximate surface area is 124 Å². The van der Waals surface area contributed by atoms with E-state index in [2.05, 4.69) is 0 Å². The monoisotopic (exact) mass is 319 g/mol. The lowest BCUT2D eigenvalue weighted by Gasteiger charge is -2.30. The van der Waals surface area contributed by atoms with Gasteiger partial charge < -0.3 is 9.84 Å². The van der Waals surface area contributed by atoms with Crippen LogP contribution in [-0.2, 0) is 21.4 Å². The zero-order chi connectivity index (χ0) is 14.8. The zero-order valence-electron chi connectivity index (χ0n) is 11.3. The SMILES string of the molecule is CN(C1CCOCC1)S(=O)(=O)c1ccc(CO)c(Cl)c1. The summed E-state index contributed by atoms with van der Waals surface area (Å²) < 4.78 is 31.7. The number of hydrogen-bond donors (Lipinski definition) is 1. The zero-order valence-corrected chi connectivity index (χ0v) is 12.8. The van der Waals surface area contributed by atoms with Gasteiger partial charge in [0, 0.05) is 31.3 Å². The Morgan fingerprint density at radius 3 is 2.60 bits per heavy atom. The van der Waals surface area contributed by atoms with Gasteiger partial charge in [-0.3, -0.25) is 0 Å². The van der Waals surface area contributed by atoms with Crippen molar-refractivity contribution in [3.8, 4) is 0 Å². The quantitative estimate of drug-likeness (QED) is 0.916. The largest absolute Gasteiger partial charge is 0.392 e. The van der Waals surface area contributed by atoms with Crippen molar-refractivity contribution in [3.05, 3.63) is 28.8 Å². The van der Waals surface area contributed by atoms with Crippen molar-refractivity contribution in [1.29, 1.82) is 0 Å². The van der Waals surface area contributed by atoms with Crippen molar-refractivity contribution in [2.24, 2.45) is 0 Å². The highest BCUT2D eigenvalue weighted by Gasteiger charge is 2.29. The molecular formula is C13H18ClNO4S. The number of hydrogen-bond acceptors (Lipinski definition) is 4. The minimum Gasteiger partial charge on any atom is -0.392 e. The molecule has 0 aliphatic carbocycles. The standard InChI is InChI=1S/C13H18ClNO4S/c1-15(11-4-6-19-7-5-11)20(17,18)12-3-2-10(9-16)13(14)8-12/h2-3,8,11,16H,4-7,9H2,1H3. The molecule has 0 aromatic heterocycles. The highest BCUT2D eigenvalue weighted by molar-refractivity contribution is 7.89. The first-order chi connectivity index (χ1) is 9.46. The molecule has 1 aromatic rings. The molecule has 0 bridgehead atoms. The molecule has 1 saturated heterocycles. The van der Waals surface area contributed by atoms with Crippen LogP contribution in [-0.4, -0.2) is 44.1 Å². The van der Waals surface area contributed by atoms with E-state index in [0.717, 1.165) is 0 Å². The molecule has 0 radical (unpaired) electrons. The fraction of sp³-hybridized carbons (Fsp3) is 0.538. The van der Waals surface area contributed by atoms with Crippen LogP contribution in [0.4, 0.5) is 0 Å². The van der Waals surface area contributed by atoms with Gasteiger partial charge in [0.25, 0.3) is 0 Å². The van der Waals surface area contributed by atoms with E-state index in [4.69, 9.17) is 21.4 Å². The second kappa shape index (κ2) is 6.41. The van der Waals surface area contributed by atoms with E-state index in [1.165, 1.54) is 22.5 Å². The van der Waals surface area contributed by atoms with Gasteiger partial charge in [-0.2, -0.15) is 4.31 Å². The molecule has 1 aliphatic rings. The van der Waals surface area contributed by atoms with Crippen LogP contribution in [0.3, 0.4) is 0 Å². The number of nitrogens with zero attached hydrogens (tertiary/aromatic N) is 1. The Morgan fingerprint density at radius 1 is 1.40 bits per heavy atom. The third kappa shape index (κ3) is 3.15. The molecule has 1 aromatic carbocycles. The Morgan fingerprint density at radius 2 is 2.05 bits per heavy atom. The van der Waals surface area contributed by atoms with Crippen LogP contribution in [0, 0.1) is 0 Å². The first-order valence-corrected chi connectivity index (χ1v) is 8.23. The first kappa shape index (κ1) is 15.7. The maximum absolute atomic E-state index is 12.5. The summed E-state index contributed by atoms with van der Waals surface area (Å²) in [6.07, 6.45) is 1.39. The van der Waals surface area contributed by atoms with E-state index < -0.39 is 10.0 Å². The lowest BCUT2D eigenvalue weighted by atomic mass is 10.1. The van der Waals surface area contributed by atoms with Crippen LogP contribution >= 0.6 is 11.6 Å². The molecule has 5 nitrogen and oxygen atoms in total. The first-order valence-electron chi connectivity index (χ1n) is 6.42. The molecule has 0 spiro atoms. The normalized spacial score (nSPS) is 17.6. The molecule has 20 heavy (non-hydrogen) atoms. The average molecular weight is 320 g/mol. The molecule has 1 heterocycles. The fourth-order valence-electron chi connectivity index (χ4n) is 2.23. The number of rotatable bonds is 4. The summed E-state index contributed by atoms with van der Waals surface area (Å²) in [6.45, 7) is 0.943. The number of aliphatic hydroxyl groups excluding tert-OH is 1. The van der Waals surface area contributed by atoms with Crippen LogP contribution < -0.4 is 0 Å². The molecule has 112 valence electrons. The third-order valence-electron chi connectivity index (χ3n) is 3.58. The van der Waals surface area contributed by atoms with E-state index in [1.54, 1.807) is 7.05 Å². The molecule has 0 atom stereocenters. The minimum absolute atomic E-state index is 0.0509. The smallest absolute Gasteiger partial charge is 0.243 e. The van der Waals surface area contributed by atoms with Crippen molar-refractivity contribution in [3.63, 3.8) is 0 Å². The molecular weight excluding hydrogens is 302 g/mol. The van der Waals surface area contributed by atoms with E-state index in [9.17, 15) is 8.42 Å². The Hall–Kier alpha value is -0.660. The second-order valence-electron chi connectivity index (χ2n) is 4.78. The lowest BCUT2D eigenvalue weighted by Crippen LogP contribution is -2.40. The summed E-state index contributed by atoms with van der Waals surface area (Å²) in [6, 6.07) is 4.35. The number of ether oxygens (including phenoxy) is 1. The number of sulfonamides is 1. The molecule has 0 unspecified atom stereocenters. The number of halogens is 1. The molecule has 1 fully saturated rings. The molecule has 0 amide bonds. The van der Waals surface area contributed by atoms with Crippen LogP contribution in [0.5, 0.6) is 0 Å². The van der Waals surface area contributed by atoms with Crippen molar-refractivity contribution >= 4 is 21.6 Å². The topological polar surface area (TPSA) is 66.8 Å². The van der Waals surface area contributed by atoms with Gasteiger partial charge >= 0.3 is 0 Å². The minimum atomic E-state index is -3.57. The van der Waals surface area contributed by atoms with E-state index in [-0.39, 0.29) is 22.6 Å². The van der Waals surface area contributed by atoms with Gasteiger partial charge in [-0.1, -0.05) is 17.7 Å². The van der Waals surface area contributed by atoms with Gasteiger partial charge in [0.1, 0.15) is 0 Å². The van der Waals surface area contributed by atoms with Crippen molar-refractivity contribution in [1.82, 2.24) is 4.31 Å². The van der Waals surface area contributed by atoms with Gasteiger partial charge in [-0.05, 0) is 30.5 Å². The fourth-order valence-corrected chi connectivity index (χ4v) is 3.98. The predicted octanol–water partition coefficient (Wildman–Crippen LogP) is 1.63. The van der Waals surface area contributed by atoms with Crippen molar-refractivity contribution in [2.45, 2.75) is 30.4 Å². The molecule has 1 aliphatic heterocycles. The molecule has 1 N–H and O–H groups in total. The highest BCUT2D eigenvalue weighted by Crippen LogP contribution is 2.25. The summed E-state index contributed by atoms with van der Waals surface area (Å²) in [7, 11) is -1.99. The Balaban J connectivity index is 2.27. The average Bonchev–Trinajstić information content (AvgIpc) is 2.47. The van der Waals surface area contributed by atoms with E-state index >= 15 is 0 Å². The number of benzene rings is 1. The Kier molecular flexibility index (Phi) is 5.04. The lowest BCUT2D eigenvalue weighted by molar-refractivity contribution is 0.0632. The van der Waals surface area contributed by atoms with Crippen LogP contribution in [0.1, 0.15) is 18.4 Å². The Bertz CT molecular complexity index is 570. The van der Waals surface area contributed by atoms with E-state index in [0.29, 0.717) is 31.6 Å². The van der Waals surface area contributed by atoms with Gasteiger partial charge in [-0.25, -0.2) is 8.42 Å². The molecule has 0 saturated carbocycles. The summed E-state index contributed by atoms with van der Waals surface area (Å²) >= 11 is 5.96. The van der Waals surface area contributed by atoms with Crippen LogP contribution in [0.25, 0.3) is 0 Å². The van der Waals surface area contributed by atoms with Crippen LogP contribution in [0.15, 0.2) is 23.1 Å². The maximum Gasteiger partial charge on any atom is 0.243 e. The number of aliphatic hydroxyl groups is 1. The molecule has 2 rings (SSSR count). The second-order valence-corrected chi connectivity index (χ2v) is 7.18. The third-order valence-corrected chi connectivity index (χ3v) is 5.83. The summed E-state index contributed by atoms with van der Waals surface area (Å²) in [4.78, 5) is 0.147. The van der Waals surface area contributed by atoms with Gasteiger partial charge in [0.2, 0.25) is 10.0 Å².